The van der Waals surface area contributed by atoms with Gasteiger partial charge in [0.25, 0.3) is 0 Å². The highest BCUT2D eigenvalue weighted by molar-refractivity contribution is 5.58. The molecule has 3 nitrogen and oxygen atoms in total. The van der Waals surface area contributed by atoms with Gasteiger partial charge in [0.05, 0.1) is 6.04 Å². The summed E-state index contributed by atoms with van der Waals surface area (Å²) in [6, 6.07) is -0.635. The van der Waals surface area contributed by atoms with Gasteiger partial charge in [0.1, 0.15) is 0 Å². The average Bonchev–Trinajstić information content (AvgIpc) is 2.12. The third-order valence-electron chi connectivity index (χ3n) is 2.28. The minimum Gasteiger partial charge on any atom is -0.396 e. The molecule has 0 rings (SSSR count). The molecule has 3 unspecified atom stereocenters. The standard InChI is InChI=1S/C9H18NO2/c1-3-7(2)4-8(5-11)9(10)6-12/h7-9,11H,3-5,10H2,1-2H3. The van der Waals surface area contributed by atoms with Gasteiger partial charge in [-0.2, -0.15) is 0 Å². The number of carbonyl (C=O) groups excluding carboxylic acids is 1. The van der Waals surface area contributed by atoms with Gasteiger partial charge in [-0.1, -0.05) is 20.3 Å². The molecule has 1 radical (unpaired) electrons. The second-order valence-electron chi connectivity index (χ2n) is 3.34. The molecule has 3 atom stereocenters. The zero-order valence-corrected chi connectivity index (χ0v) is 7.79. The summed E-state index contributed by atoms with van der Waals surface area (Å²) in [5.41, 5.74) is 5.45. The average molecular weight is 172 g/mol. The molecule has 0 aliphatic heterocycles. The van der Waals surface area contributed by atoms with Crippen molar-refractivity contribution < 1.29 is 9.90 Å². The highest BCUT2D eigenvalue weighted by atomic mass is 16.3. The van der Waals surface area contributed by atoms with Crippen LogP contribution in [0.25, 0.3) is 0 Å². The minimum absolute atomic E-state index is 0.0270. The molecule has 3 N–H and O–H groups in total. The lowest BCUT2D eigenvalue weighted by Crippen LogP contribution is -2.34. The quantitative estimate of drug-likeness (QED) is 0.612. The van der Waals surface area contributed by atoms with Crippen molar-refractivity contribution in [2.75, 3.05) is 6.61 Å². The SMILES string of the molecule is CCC(C)CC(CO)C(N)[C]=O. The van der Waals surface area contributed by atoms with Crippen molar-refractivity contribution in [2.45, 2.75) is 32.7 Å². The molecule has 3 heteroatoms. The van der Waals surface area contributed by atoms with E-state index in [1.54, 1.807) is 6.29 Å². The third kappa shape index (κ3) is 3.83. The zero-order valence-electron chi connectivity index (χ0n) is 7.79. The Hall–Kier alpha value is -0.410. The van der Waals surface area contributed by atoms with Gasteiger partial charge in [0.2, 0.25) is 6.29 Å². The van der Waals surface area contributed by atoms with Gasteiger partial charge < -0.3 is 10.8 Å². The predicted molar refractivity (Wildman–Crippen MR) is 48.3 cm³/mol. The summed E-state index contributed by atoms with van der Waals surface area (Å²) in [6.45, 7) is 4.14. The summed E-state index contributed by atoms with van der Waals surface area (Å²) in [7, 11) is 0. The summed E-state index contributed by atoms with van der Waals surface area (Å²) in [5, 5.41) is 8.91. The highest BCUT2D eigenvalue weighted by Gasteiger charge is 2.18. The van der Waals surface area contributed by atoms with Gasteiger partial charge in [-0.25, -0.2) is 0 Å². The van der Waals surface area contributed by atoms with Crippen LogP contribution in [-0.4, -0.2) is 24.0 Å². The topological polar surface area (TPSA) is 63.3 Å². The Morgan fingerprint density at radius 1 is 1.58 bits per heavy atom. The van der Waals surface area contributed by atoms with Crippen LogP contribution in [0.5, 0.6) is 0 Å². The number of nitrogens with two attached hydrogens (primary N) is 1. The molecule has 0 aromatic rings. The second-order valence-corrected chi connectivity index (χ2v) is 3.34. The van der Waals surface area contributed by atoms with E-state index < -0.39 is 6.04 Å². The Balaban J connectivity index is 3.89. The van der Waals surface area contributed by atoms with Gasteiger partial charge in [0.15, 0.2) is 0 Å². The first-order valence-electron chi connectivity index (χ1n) is 4.39. The van der Waals surface area contributed by atoms with Crippen LogP contribution in [-0.2, 0) is 4.79 Å². The number of rotatable bonds is 6. The van der Waals surface area contributed by atoms with Crippen LogP contribution in [0.4, 0.5) is 0 Å². The van der Waals surface area contributed by atoms with Crippen LogP contribution in [0, 0.1) is 11.8 Å². The van der Waals surface area contributed by atoms with Gasteiger partial charge in [-0.15, -0.1) is 0 Å². The molecule has 0 saturated carbocycles. The van der Waals surface area contributed by atoms with Crippen LogP contribution in [0.15, 0.2) is 0 Å². The predicted octanol–water partition coefficient (Wildman–Crippen LogP) is 0.468. The molecular formula is C9H18NO2. The number of hydrogen-bond acceptors (Lipinski definition) is 3. The largest absolute Gasteiger partial charge is 0.396 e. The molecule has 0 heterocycles. The molecule has 0 aliphatic rings. The summed E-state index contributed by atoms with van der Waals surface area (Å²) in [4.78, 5) is 10.2. The van der Waals surface area contributed by atoms with Crippen molar-refractivity contribution in [3.63, 3.8) is 0 Å². The van der Waals surface area contributed by atoms with Crippen LogP contribution in [0.2, 0.25) is 0 Å². The van der Waals surface area contributed by atoms with E-state index in [4.69, 9.17) is 10.8 Å². The molecule has 0 amide bonds. The van der Waals surface area contributed by atoms with E-state index in [1.807, 2.05) is 0 Å². The van der Waals surface area contributed by atoms with Gasteiger partial charge in [-0.3, -0.25) is 4.79 Å². The van der Waals surface area contributed by atoms with Crippen LogP contribution in [0.3, 0.4) is 0 Å². The molecule has 0 aromatic carbocycles. The van der Waals surface area contributed by atoms with Gasteiger partial charge in [-0.05, 0) is 12.3 Å². The molecule has 0 bridgehead atoms. The first kappa shape index (κ1) is 11.6. The normalized spacial score (nSPS) is 18.3. The molecule has 71 valence electrons. The summed E-state index contributed by atoms with van der Waals surface area (Å²) >= 11 is 0. The first-order valence-corrected chi connectivity index (χ1v) is 4.39. The molecular weight excluding hydrogens is 154 g/mol. The lowest BCUT2D eigenvalue weighted by Gasteiger charge is -2.19. The van der Waals surface area contributed by atoms with E-state index in [-0.39, 0.29) is 12.5 Å². The number of aliphatic hydroxyl groups excluding tert-OH is 1. The minimum atomic E-state index is -0.635. The Bertz CT molecular complexity index is 128. The number of aliphatic hydroxyl groups is 1. The second kappa shape index (κ2) is 6.14. The maximum absolute atomic E-state index is 10.2. The monoisotopic (exact) mass is 172 g/mol. The van der Waals surface area contributed by atoms with E-state index in [0.29, 0.717) is 5.92 Å². The number of hydrogen-bond donors (Lipinski definition) is 2. The maximum Gasteiger partial charge on any atom is 0.217 e. The lowest BCUT2D eigenvalue weighted by atomic mass is 9.90. The first-order chi connectivity index (χ1) is 5.65. The fourth-order valence-electron chi connectivity index (χ4n) is 1.11. The summed E-state index contributed by atoms with van der Waals surface area (Å²) < 4.78 is 0. The lowest BCUT2D eigenvalue weighted by molar-refractivity contribution is 0.194. The zero-order chi connectivity index (χ0) is 9.56. The molecule has 0 fully saturated rings. The summed E-state index contributed by atoms with van der Waals surface area (Å²) in [5.74, 6) is 0.374. The fraction of sp³-hybridized carbons (Fsp3) is 0.889. The molecule has 12 heavy (non-hydrogen) atoms. The van der Waals surface area contributed by atoms with E-state index in [2.05, 4.69) is 13.8 Å². The third-order valence-corrected chi connectivity index (χ3v) is 2.28. The Morgan fingerprint density at radius 3 is 2.50 bits per heavy atom. The van der Waals surface area contributed by atoms with Crippen molar-refractivity contribution >= 4 is 6.29 Å². The smallest absolute Gasteiger partial charge is 0.217 e. The Labute approximate surface area is 74.0 Å². The van der Waals surface area contributed by atoms with Crippen molar-refractivity contribution in [3.05, 3.63) is 0 Å². The highest BCUT2D eigenvalue weighted by Crippen LogP contribution is 2.16. The molecule has 0 aromatic heterocycles. The van der Waals surface area contributed by atoms with Crippen molar-refractivity contribution in [2.24, 2.45) is 17.6 Å². The van der Waals surface area contributed by atoms with Crippen molar-refractivity contribution in [1.82, 2.24) is 0 Å². The van der Waals surface area contributed by atoms with Crippen LogP contribution >= 0.6 is 0 Å². The van der Waals surface area contributed by atoms with Crippen molar-refractivity contribution in [1.29, 1.82) is 0 Å². The van der Waals surface area contributed by atoms with Crippen LogP contribution < -0.4 is 5.73 Å². The fourth-order valence-corrected chi connectivity index (χ4v) is 1.11. The van der Waals surface area contributed by atoms with E-state index in [1.165, 1.54) is 0 Å². The van der Waals surface area contributed by atoms with Gasteiger partial charge in [0, 0.05) is 12.5 Å². The molecule has 0 aliphatic carbocycles. The van der Waals surface area contributed by atoms with Gasteiger partial charge >= 0.3 is 0 Å². The van der Waals surface area contributed by atoms with Crippen LogP contribution in [0.1, 0.15) is 26.7 Å². The maximum atomic E-state index is 10.2. The van der Waals surface area contributed by atoms with E-state index in [9.17, 15) is 4.79 Å². The van der Waals surface area contributed by atoms with E-state index in [0.717, 1.165) is 12.8 Å². The summed E-state index contributed by atoms with van der Waals surface area (Å²) in [6.07, 6.45) is 3.55. The molecule has 0 saturated heterocycles. The van der Waals surface area contributed by atoms with E-state index >= 15 is 0 Å². The van der Waals surface area contributed by atoms with Crippen molar-refractivity contribution in [3.8, 4) is 0 Å². The molecule has 0 spiro atoms. The Kier molecular flexibility index (Phi) is 5.93. The Morgan fingerprint density at radius 2 is 2.17 bits per heavy atom.